The van der Waals surface area contributed by atoms with Crippen LogP contribution >= 0.6 is 0 Å². The Morgan fingerprint density at radius 2 is 0.923 bits per heavy atom. The van der Waals surface area contributed by atoms with Gasteiger partial charge in [-0.15, -0.1) is 0 Å². The standard InChI is InChI=1S/C34H44N8O10/c1-51-33(49)25(11-19-3-7-21(15-35)8-4-19)39-29(45)17-37-27(43)13-23-31(47)42-24(32(48)41-23)14-28(44)38-18-30(46)40-26(34(50)52-2)12-20-5-9-22(16-36)10-6-20/h3-10,23-26H,11-18,35-36H2,1-2H3,(H,37,43)(H,38,44)(H,39,45)(H,40,46)(H,41,48)(H,42,47)/t23-,24-,25?,26?/m1/s1. The number of nitrogens with two attached hydrogens (primary N) is 2. The average molecular weight is 725 g/mol. The van der Waals surface area contributed by atoms with Gasteiger partial charge in [-0.1, -0.05) is 48.5 Å². The fourth-order valence-corrected chi connectivity index (χ4v) is 5.09. The fourth-order valence-electron chi connectivity index (χ4n) is 5.09. The summed E-state index contributed by atoms with van der Waals surface area (Å²) in [4.78, 5) is 99.9. The number of methoxy groups -OCH3 is 2. The minimum atomic E-state index is -1.29. The second-order valence-corrected chi connectivity index (χ2v) is 11.8. The molecule has 0 spiro atoms. The monoisotopic (exact) mass is 724 g/mol. The number of hydrogen-bond acceptors (Lipinski definition) is 12. The molecule has 3 rings (SSSR count). The van der Waals surface area contributed by atoms with Crippen molar-refractivity contribution in [2.45, 2.75) is 62.9 Å². The number of carbonyl (C=O) groups excluding carboxylic acids is 8. The van der Waals surface area contributed by atoms with Gasteiger partial charge in [-0.2, -0.15) is 0 Å². The Kier molecular flexibility index (Phi) is 15.7. The van der Waals surface area contributed by atoms with Crippen LogP contribution in [0.2, 0.25) is 0 Å². The number of esters is 2. The quantitative estimate of drug-likeness (QED) is 0.0703. The Morgan fingerprint density at radius 3 is 1.23 bits per heavy atom. The second kappa shape index (κ2) is 20.1. The molecule has 18 heteroatoms. The van der Waals surface area contributed by atoms with E-state index < -0.39 is 97.5 Å². The molecule has 10 N–H and O–H groups in total. The van der Waals surface area contributed by atoms with E-state index in [2.05, 4.69) is 31.9 Å². The summed E-state index contributed by atoms with van der Waals surface area (Å²) in [7, 11) is 2.35. The first kappa shape index (κ1) is 40.5. The van der Waals surface area contributed by atoms with Crippen LogP contribution in [0.15, 0.2) is 48.5 Å². The van der Waals surface area contributed by atoms with E-state index in [4.69, 9.17) is 20.9 Å². The van der Waals surface area contributed by atoms with Crippen molar-refractivity contribution in [2.24, 2.45) is 11.5 Å². The maximum atomic E-state index is 12.6. The smallest absolute Gasteiger partial charge is 0.328 e. The molecule has 0 bridgehead atoms. The lowest BCUT2D eigenvalue weighted by atomic mass is 10.0. The Morgan fingerprint density at radius 1 is 0.596 bits per heavy atom. The van der Waals surface area contributed by atoms with Crippen molar-refractivity contribution < 1.29 is 47.8 Å². The summed E-state index contributed by atoms with van der Waals surface area (Å²) in [6.07, 6.45) is -0.786. The lowest BCUT2D eigenvalue weighted by Gasteiger charge is -2.29. The Hall–Kier alpha value is -5.88. The zero-order valence-electron chi connectivity index (χ0n) is 28.8. The molecule has 4 atom stereocenters. The zero-order chi connectivity index (χ0) is 38.2. The molecule has 1 aliphatic rings. The van der Waals surface area contributed by atoms with Crippen LogP contribution in [-0.4, -0.2) is 98.9 Å². The van der Waals surface area contributed by atoms with Crippen LogP contribution < -0.4 is 43.4 Å². The van der Waals surface area contributed by atoms with E-state index in [1.807, 2.05) is 0 Å². The number of benzene rings is 2. The van der Waals surface area contributed by atoms with Gasteiger partial charge in [-0.3, -0.25) is 28.8 Å². The molecule has 1 aliphatic heterocycles. The van der Waals surface area contributed by atoms with Crippen molar-refractivity contribution in [3.63, 3.8) is 0 Å². The normalized spacial score (nSPS) is 16.2. The molecule has 1 saturated heterocycles. The van der Waals surface area contributed by atoms with E-state index in [1.165, 1.54) is 14.2 Å². The molecule has 2 unspecified atom stereocenters. The highest BCUT2D eigenvalue weighted by Gasteiger charge is 2.36. The van der Waals surface area contributed by atoms with Gasteiger partial charge >= 0.3 is 11.9 Å². The first-order valence-electron chi connectivity index (χ1n) is 16.3. The highest BCUT2D eigenvalue weighted by Crippen LogP contribution is 2.10. The molecule has 280 valence electrons. The van der Waals surface area contributed by atoms with Gasteiger partial charge in [0.1, 0.15) is 24.2 Å². The summed E-state index contributed by atoms with van der Waals surface area (Å²) in [6, 6.07) is 9.58. The highest BCUT2D eigenvalue weighted by molar-refractivity contribution is 6.01. The summed E-state index contributed by atoms with van der Waals surface area (Å²) in [5.74, 6) is -5.77. The summed E-state index contributed by atoms with van der Waals surface area (Å²) < 4.78 is 9.56. The highest BCUT2D eigenvalue weighted by atomic mass is 16.5. The third kappa shape index (κ3) is 12.8. The van der Waals surface area contributed by atoms with Crippen LogP contribution in [-0.2, 0) is 73.8 Å². The number of ether oxygens (including phenoxy) is 2. The van der Waals surface area contributed by atoms with Gasteiger partial charge in [-0.05, 0) is 22.3 Å². The van der Waals surface area contributed by atoms with Crippen LogP contribution in [0, 0.1) is 0 Å². The molecule has 18 nitrogen and oxygen atoms in total. The van der Waals surface area contributed by atoms with Gasteiger partial charge in [0, 0.05) is 25.9 Å². The number of piperazine rings is 1. The Labute approximate surface area is 299 Å². The lowest BCUT2D eigenvalue weighted by molar-refractivity contribution is -0.145. The molecule has 0 aliphatic carbocycles. The maximum absolute atomic E-state index is 12.6. The molecular formula is C34H44N8O10. The average Bonchev–Trinajstić information content (AvgIpc) is 3.14. The Bertz CT molecular complexity index is 1500. The predicted molar refractivity (Wildman–Crippen MR) is 183 cm³/mol. The van der Waals surface area contributed by atoms with Crippen LogP contribution in [0.3, 0.4) is 0 Å². The van der Waals surface area contributed by atoms with E-state index >= 15 is 0 Å². The van der Waals surface area contributed by atoms with Gasteiger partial charge in [0.15, 0.2) is 0 Å². The van der Waals surface area contributed by atoms with Crippen molar-refractivity contribution in [3.05, 3.63) is 70.8 Å². The van der Waals surface area contributed by atoms with E-state index in [0.717, 1.165) is 22.3 Å². The van der Waals surface area contributed by atoms with Crippen LogP contribution in [0.4, 0.5) is 0 Å². The van der Waals surface area contributed by atoms with Crippen LogP contribution in [0.5, 0.6) is 0 Å². The molecule has 2 aromatic rings. The minimum Gasteiger partial charge on any atom is -0.467 e. The third-order valence-corrected chi connectivity index (χ3v) is 7.98. The number of carbonyl (C=O) groups is 8. The summed E-state index contributed by atoms with van der Waals surface area (Å²) >= 11 is 0. The van der Waals surface area contributed by atoms with Gasteiger partial charge in [0.2, 0.25) is 35.4 Å². The van der Waals surface area contributed by atoms with Crippen LogP contribution in [0.25, 0.3) is 0 Å². The molecular weight excluding hydrogens is 680 g/mol. The number of hydrogen-bond donors (Lipinski definition) is 8. The summed E-state index contributed by atoms with van der Waals surface area (Å²) in [5.41, 5.74) is 14.5. The van der Waals surface area contributed by atoms with Crippen molar-refractivity contribution >= 4 is 47.4 Å². The first-order valence-corrected chi connectivity index (χ1v) is 16.3. The molecule has 0 aromatic heterocycles. The summed E-state index contributed by atoms with van der Waals surface area (Å²) in [5, 5.41) is 14.4. The first-order chi connectivity index (χ1) is 24.8. The number of rotatable bonds is 18. The summed E-state index contributed by atoms with van der Waals surface area (Å²) in [6.45, 7) is -0.365. The van der Waals surface area contributed by atoms with Gasteiger partial charge in [-0.25, -0.2) is 9.59 Å². The molecule has 2 aromatic carbocycles. The SMILES string of the molecule is COC(=O)C(Cc1ccc(CN)cc1)NC(=O)CNC(=O)C[C@H]1NC(=O)[C@@H](CC(=O)NCC(=O)NC(Cc2ccc(CN)cc2)C(=O)OC)NC1=O. The van der Waals surface area contributed by atoms with Crippen molar-refractivity contribution in [3.8, 4) is 0 Å². The van der Waals surface area contributed by atoms with Gasteiger partial charge < -0.3 is 52.8 Å². The van der Waals surface area contributed by atoms with Crippen molar-refractivity contribution in [1.82, 2.24) is 31.9 Å². The second-order valence-electron chi connectivity index (χ2n) is 11.8. The van der Waals surface area contributed by atoms with E-state index in [1.54, 1.807) is 48.5 Å². The molecule has 6 amide bonds. The van der Waals surface area contributed by atoms with Crippen LogP contribution in [0.1, 0.15) is 35.1 Å². The van der Waals surface area contributed by atoms with Gasteiger partial charge in [0.05, 0.1) is 40.2 Å². The van der Waals surface area contributed by atoms with E-state index in [-0.39, 0.29) is 12.8 Å². The molecule has 0 saturated carbocycles. The minimum absolute atomic E-state index is 0.124. The predicted octanol–water partition coefficient (Wildman–Crippen LogP) is -3.30. The zero-order valence-corrected chi connectivity index (χ0v) is 28.8. The van der Waals surface area contributed by atoms with Gasteiger partial charge in [0.25, 0.3) is 0 Å². The number of nitrogens with one attached hydrogen (secondary N) is 6. The largest absolute Gasteiger partial charge is 0.467 e. The van der Waals surface area contributed by atoms with E-state index in [9.17, 15) is 38.4 Å². The molecule has 52 heavy (non-hydrogen) atoms. The fraction of sp³-hybridized carbons (Fsp3) is 0.412. The van der Waals surface area contributed by atoms with Crippen molar-refractivity contribution in [1.29, 1.82) is 0 Å². The molecule has 1 fully saturated rings. The molecule has 0 radical (unpaired) electrons. The third-order valence-electron chi connectivity index (χ3n) is 7.98. The Balaban J connectivity index is 1.41. The molecule has 1 heterocycles. The van der Waals surface area contributed by atoms with E-state index in [0.29, 0.717) is 13.1 Å². The maximum Gasteiger partial charge on any atom is 0.328 e. The topological polar surface area (TPSA) is 279 Å². The number of amides is 6. The van der Waals surface area contributed by atoms with Crippen molar-refractivity contribution in [2.75, 3.05) is 27.3 Å². The lowest BCUT2D eigenvalue weighted by Crippen LogP contribution is -2.63.